The van der Waals surface area contributed by atoms with Gasteiger partial charge in [-0.3, -0.25) is 9.69 Å². The third-order valence-electron chi connectivity index (χ3n) is 4.89. The van der Waals surface area contributed by atoms with Crippen LogP contribution in [0.4, 0.5) is 5.69 Å². The third-order valence-corrected chi connectivity index (χ3v) is 5.26. The molecule has 1 atom stereocenters. The van der Waals surface area contributed by atoms with Crippen LogP contribution in [0.5, 0.6) is 5.75 Å². The number of hydrogen-bond donors (Lipinski definition) is 2. The summed E-state index contributed by atoms with van der Waals surface area (Å²) in [5.41, 5.74) is 0.896. The number of ether oxygens (including phenoxy) is 2. The fraction of sp³-hybridized carbons (Fsp3) is 0.600. The van der Waals surface area contributed by atoms with E-state index >= 15 is 0 Å². The average molecular weight is 407 g/mol. The molecule has 2 aliphatic rings. The van der Waals surface area contributed by atoms with Gasteiger partial charge in [0.25, 0.3) is 5.91 Å². The monoisotopic (exact) mass is 406 g/mol. The lowest BCUT2D eigenvalue weighted by Gasteiger charge is -2.35. The van der Waals surface area contributed by atoms with Crippen molar-refractivity contribution in [1.82, 2.24) is 15.5 Å². The van der Waals surface area contributed by atoms with Crippen LogP contribution in [0.2, 0.25) is 0 Å². The van der Waals surface area contributed by atoms with E-state index in [1.54, 1.807) is 0 Å². The largest absolute Gasteiger partial charge is 0.477 e. The number of morpholine rings is 1. The topological polar surface area (TPSA) is 66.1 Å². The zero-order valence-electron chi connectivity index (χ0n) is 16.5. The van der Waals surface area contributed by atoms with Gasteiger partial charge in [-0.1, -0.05) is 19.1 Å². The number of para-hydroxylation sites is 2. The van der Waals surface area contributed by atoms with Crippen LogP contribution in [0.25, 0.3) is 0 Å². The normalized spacial score (nSPS) is 19.5. The highest BCUT2D eigenvalue weighted by atomic mass is 32.1. The molecular weight excluding hydrogens is 376 g/mol. The first kappa shape index (κ1) is 20.8. The van der Waals surface area contributed by atoms with E-state index in [1.165, 1.54) is 0 Å². The Kier molecular flexibility index (Phi) is 7.88. The molecule has 2 N–H and O–H groups in total. The molecule has 8 heteroatoms. The smallest absolute Gasteiger partial charge is 0.262 e. The highest BCUT2D eigenvalue weighted by molar-refractivity contribution is 7.80. The minimum absolute atomic E-state index is 0.100. The molecule has 154 valence electrons. The van der Waals surface area contributed by atoms with Gasteiger partial charge in [-0.25, -0.2) is 0 Å². The summed E-state index contributed by atoms with van der Waals surface area (Å²) < 4.78 is 11.3. The molecule has 1 aromatic rings. The molecule has 2 aliphatic heterocycles. The first-order valence-electron chi connectivity index (χ1n) is 10.1. The minimum atomic E-state index is -0.574. The van der Waals surface area contributed by atoms with Gasteiger partial charge in [0, 0.05) is 26.2 Å². The first-order valence-corrected chi connectivity index (χ1v) is 10.5. The van der Waals surface area contributed by atoms with E-state index in [-0.39, 0.29) is 5.91 Å². The van der Waals surface area contributed by atoms with Crippen molar-refractivity contribution in [2.24, 2.45) is 0 Å². The molecular formula is C20H30N4O3S. The predicted molar refractivity (Wildman–Crippen MR) is 114 cm³/mol. The van der Waals surface area contributed by atoms with Crippen LogP contribution in [0, 0.1) is 0 Å². The summed E-state index contributed by atoms with van der Waals surface area (Å²) >= 11 is 5.64. The first-order chi connectivity index (χ1) is 13.7. The number of carbonyl (C=O) groups excluding carboxylic acids is 1. The molecule has 1 aromatic carbocycles. The van der Waals surface area contributed by atoms with Gasteiger partial charge < -0.3 is 25.0 Å². The highest BCUT2D eigenvalue weighted by Crippen LogP contribution is 2.33. The van der Waals surface area contributed by atoms with Gasteiger partial charge in [0.15, 0.2) is 11.2 Å². The van der Waals surface area contributed by atoms with E-state index in [0.29, 0.717) is 24.0 Å². The molecule has 0 radical (unpaired) electrons. The van der Waals surface area contributed by atoms with Crippen molar-refractivity contribution < 1.29 is 14.3 Å². The van der Waals surface area contributed by atoms with Crippen molar-refractivity contribution in [2.75, 3.05) is 57.4 Å². The van der Waals surface area contributed by atoms with Crippen molar-refractivity contribution in [1.29, 1.82) is 0 Å². The average Bonchev–Trinajstić information content (AvgIpc) is 2.74. The molecule has 1 fully saturated rings. The van der Waals surface area contributed by atoms with E-state index in [2.05, 4.69) is 15.5 Å². The Labute approximate surface area is 172 Å². The molecule has 0 saturated carbocycles. The second-order valence-corrected chi connectivity index (χ2v) is 7.40. The Morgan fingerprint density at radius 2 is 2.00 bits per heavy atom. The lowest BCUT2D eigenvalue weighted by Crippen LogP contribution is -2.53. The Balaban J connectivity index is 1.55. The molecule has 0 unspecified atom stereocenters. The molecule has 0 bridgehead atoms. The Morgan fingerprint density at radius 1 is 1.21 bits per heavy atom. The Hall–Kier alpha value is -1.90. The summed E-state index contributed by atoms with van der Waals surface area (Å²) in [7, 11) is 0. The lowest BCUT2D eigenvalue weighted by molar-refractivity contribution is -0.127. The fourth-order valence-electron chi connectivity index (χ4n) is 3.34. The molecule has 3 rings (SSSR count). The number of carbonyl (C=O) groups is 1. The van der Waals surface area contributed by atoms with Crippen molar-refractivity contribution in [3.63, 3.8) is 0 Å². The molecule has 2 heterocycles. The number of rotatable bonds is 7. The highest BCUT2D eigenvalue weighted by Gasteiger charge is 2.32. The zero-order valence-corrected chi connectivity index (χ0v) is 17.3. The minimum Gasteiger partial charge on any atom is -0.477 e. The number of anilines is 1. The van der Waals surface area contributed by atoms with Gasteiger partial charge in [-0.15, -0.1) is 0 Å². The summed E-state index contributed by atoms with van der Waals surface area (Å²) in [5, 5.41) is 6.89. The van der Waals surface area contributed by atoms with E-state index in [0.717, 1.165) is 57.9 Å². The molecule has 1 amide bonds. The van der Waals surface area contributed by atoms with Crippen molar-refractivity contribution >= 4 is 28.9 Å². The van der Waals surface area contributed by atoms with Gasteiger partial charge in [0.1, 0.15) is 5.75 Å². The molecule has 28 heavy (non-hydrogen) atoms. The summed E-state index contributed by atoms with van der Waals surface area (Å²) in [5.74, 6) is 0.583. The Bertz CT molecular complexity index is 667. The van der Waals surface area contributed by atoms with Crippen molar-refractivity contribution in [3.8, 4) is 5.75 Å². The summed E-state index contributed by atoms with van der Waals surface area (Å²) in [4.78, 5) is 16.8. The molecule has 1 saturated heterocycles. The van der Waals surface area contributed by atoms with Crippen LogP contribution < -0.4 is 20.3 Å². The standard InChI is InChI=1S/C20H30N4O3S/c1-2-8-21-19(25)18-15-24(16-6-3-4-7-17(16)27-18)20(28)22-9-5-10-23-11-13-26-14-12-23/h3-4,6-7,18H,2,5,8-15H2,1H3,(H,21,25)(H,22,28)/t18-/m1/s1. The van der Waals surface area contributed by atoms with Gasteiger partial charge >= 0.3 is 0 Å². The predicted octanol–water partition coefficient (Wildman–Crippen LogP) is 1.38. The van der Waals surface area contributed by atoms with Crippen LogP contribution >= 0.6 is 12.2 Å². The van der Waals surface area contributed by atoms with E-state index in [1.807, 2.05) is 36.1 Å². The van der Waals surface area contributed by atoms with E-state index in [4.69, 9.17) is 21.7 Å². The molecule has 0 aliphatic carbocycles. The Morgan fingerprint density at radius 3 is 2.79 bits per heavy atom. The second kappa shape index (κ2) is 10.6. The number of nitrogens with one attached hydrogen (secondary N) is 2. The lowest BCUT2D eigenvalue weighted by atomic mass is 10.2. The van der Waals surface area contributed by atoms with E-state index < -0.39 is 6.10 Å². The van der Waals surface area contributed by atoms with Gasteiger partial charge in [-0.05, 0) is 43.7 Å². The van der Waals surface area contributed by atoms with Crippen LogP contribution in [-0.4, -0.2) is 74.5 Å². The van der Waals surface area contributed by atoms with Gasteiger partial charge in [0.05, 0.1) is 25.4 Å². The quantitative estimate of drug-likeness (QED) is 0.524. The molecule has 0 spiro atoms. The fourth-order valence-corrected chi connectivity index (χ4v) is 3.62. The van der Waals surface area contributed by atoms with Crippen molar-refractivity contribution in [3.05, 3.63) is 24.3 Å². The van der Waals surface area contributed by atoms with Gasteiger partial charge in [-0.2, -0.15) is 0 Å². The molecule has 0 aromatic heterocycles. The number of hydrogen-bond acceptors (Lipinski definition) is 5. The number of benzene rings is 1. The maximum Gasteiger partial charge on any atom is 0.262 e. The van der Waals surface area contributed by atoms with Crippen LogP contribution in [0.15, 0.2) is 24.3 Å². The maximum absolute atomic E-state index is 12.4. The maximum atomic E-state index is 12.4. The SMILES string of the molecule is CCCNC(=O)[C@H]1CN(C(=S)NCCCN2CCOCC2)c2ccccc2O1. The van der Waals surface area contributed by atoms with Crippen LogP contribution in [-0.2, 0) is 9.53 Å². The number of amides is 1. The summed E-state index contributed by atoms with van der Waals surface area (Å²) in [6, 6.07) is 7.70. The molecule has 7 nitrogen and oxygen atoms in total. The summed E-state index contributed by atoms with van der Waals surface area (Å²) in [6.07, 6.45) is 1.32. The van der Waals surface area contributed by atoms with Crippen LogP contribution in [0.1, 0.15) is 19.8 Å². The van der Waals surface area contributed by atoms with Crippen LogP contribution in [0.3, 0.4) is 0 Å². The number of nitrogens with zero attached hydrogens (tertiary/aromatic N) is 2. The third kappa shape index (κ3) is 5.56. The van der Waals surface area contributed by atoms with Crippen molar-refractivity contribution in [2.45, 2.75) is 25.9 Å². The zero-order chi connectivity index (χ0) is 19.8. The number of thiocarbonyl (C=S) groups is 1. The number of fused-ring (bicyclic) bond motifs is 1. The second-order valence-electron chi connectivity index (χ2n) is 7.02. The summed E-state index contributed by atoms with van der Waals surface area (Å²) in [6.45, 7) is 8.52. The van der Waals surface area contributed by atoms with E-state index in [9.17, 15) is 4.79 Å². The van der Waals surface area contributed by atoms with Gasteiger partial charge in [0.2, 0.25) is 0 Å².